The van der Waals surface area contributed by atoms with Gasteiger partial charge in [-0.3, -0.25) is 0 Å². The molecule has 0 amide bonds. The highest BCUT2D eigenvalue weighted by Crippen LogP contribution is 2.15. The highest BCUT2D eigenvalue weighted by atomic mass is 32.2. The summed E-state index contributed by atoms with van der Waals surface area (Å²) < 4.78 is 30.4. The van der Waals surface area contributed by atoms with Crippen molar-refractivity contribution >= 4 is 21.6 Å². The Kier molecular flexibility index (Phi) is 2.79. The van der Waals surface area contributed by atoms with E-state index in [2.05, 4.69) is 8.75 Å². The largest absolute Gasteiger partial charge is 0.222 e. The minimum absolute atomic E-state index is 0.0989. The molecule has 1 heterocycles. The van der Waals surface area contributed by atoms with Crippen molar-refractivity contribution in [2.45, 2.75) is 30.5 Å². The quantitative estimate of drug-likeness (QED) is 0.743. The predicted molar refractivity (Wildman–Crippen MR) is 46.8 cm³/mol. The third kappa shape index (κ3) is 1.64. The predicted octanol–water partition coefficient (Wildman–Crippen LogP) is 1.11. The molecule has 1 atom stereocenters. The number of nitrogens with zero attached hydrogens (tertiary/aromatic N) is 2. The number of hydrogen-bond donors (Lipinski definition) is 0. The first-order valence-corrected chi connectivity index (χ1v) is 5.88. The average molecular weight is 206 g/mol. The number of hydrogen-bond acceptors (Lipinski definition) is 5. The van der Waals surface area contributed by atoms with Gasteiger partial charge < -0.3 is 0 Å². The van der Waals surface area contributed by atoms with Gasteiger partial charge in [0.1, 0.15) is 0 Å². The first-order valence-electron chi connectivity index (χ1n) is 3.60. The summed E-state index contributed by atoms with van der Waals surface area (Å²) in [5, 5.41) is -0.275. The SMILES string of the molecule is CCC(C)S(=O)(=O)c1cnsn1. The summed E-state index contributed by atoms with van der Waals surface area (Å²) in [4.78, 5) is 0. The van der Waals surface area contributed by atoms with Gasteiger partial charge in [0, 0.05) is 0 Å². The second-order valence-electron chi connectivity index (χ2n) is 2.51. The van der Waals surface area contributed by atoms with E-state index in [-0.39, 0.29) is 10.3 Å². The van der Waals surface area contributed by atoms with Crippen molar-refractivity contribution in [1.82, 2.24) is 8.75 Å². The second-order valence-corrected chi connectivity index (χ2v) is 5.38. The van der Waals surface area contributed by atoms with Gasteiger partial charge in [-0.05, 0) is 13.3 Å². The summed E-state index contributed by atoms with van der Waals surface area (Å²) in [6, 6.07) is 0. The molecule has 4 nitrogen and oxygen atoms in total. The van der Waals surface area contributed by atoms with Crippen molar-refractivity contribution in [1.29, 1.82) is 0 Å². The molecule has 0 radical (unpaired) electrons. The molecule has 0 saturated carbocycles. The van der Waals surface area contributed by atoms with Gasteiger partial charge in [0.15, 0.2) is 5.03 Å². The Hall–Kier alpha value is -0.490. The summed E-state index contributed by atoms with van der Waals surface area (Å²) in [5.41, 5.74) is 0. The van der Waals surface area contributed by atoms with Gasteiger partial charge >= 0.3 is 0 Å². The van der Waals surface area contributed by atoms with Crippen molar-refractivity contribution in [3.63, 3.8) is 0 Å². The lowest BCUT2D eigenvalue weighted by atomic mass is 10.4. The Labute approximate surface area is 75.9 Å². The second kappa shape index (κ2) is 3.49. The monoisotopic (exact) mass is 206 g/mol. The maximum Gasteiger partial charge on any atom is 0.200 e. The van der Waals surface area contributed by atoms with Crippen molar-refractivity contribution in [3.05, 3.63) is 6.20 Å². The maximum atomic E-state index is 11.5. The third-order valence-electron chi connectivity index (χ3n) is 1.74. The van der Waals surface area contributed by atoms with Gasteiger partial charge in [-0.25, -0.2) is 8.42 Å². The number of rotatable bonds is 3. The molecule has 12 heavy (non-hydrogen) atoms. The molecule has 1 rings (SSSR count). The van der Waals surface area contributed by atoms with E-state index < -0.39 is 9.84 Å². The van der Waals surface area contributed by atoms with Crippen LogP contribution in [0.1, 0.15) is 20.3 Å². The zero-order valence-electron chi connectivity index (χ0n) is 6.89. The summed E-state index contributed by atoms with van der Waals surface area (Å²) in [6.07, 6.45) is 1.89. The van der Waals surface area contributed by atoms with E-state index in [0.29, 0.717) is 6.42 Å². The molecule has 1 unspecified atom stereocenters. The van der Waals surface area contributed by atoms with Crippen LogP contribution in [0.15, 0.2) is 11.2 Å². The minimum Gasteiger partial charge on any atom is -0.222 e. The van der Waals surface area contributed by atoms with Crippen LogP contribution in [-0.2, 0) is 9.84 Å². The fourth-order valence-corrected chi connectivity index (χ4v) is 2.66. The summed E-state index contributed by atoms with van der Waals surface area (Å²) in [7, 11) is -3.21. The molecule has 0 aliphatic carbocycles. The van der Waals surface area contributed by atoms with Crippen molar-refractivity contribution in [3.8, 4) is 0 Å². The van der Waals surface area contributed by atoms with Crippen molar-refractivity contribution in [2.24, 2.45) is 0 Å². The van der Waals surface area contributed by atoms with Crippen LogP contribution < -0.4 is 0 Å². The van der Waals surface area contributed by atoms with E-state index in [0.717, 1.165) is 11.7 Å². The molecule has 6 heteroatoms. The molecule has 0 bridgehead atoms. The Balaban J connectivity index is 3.03. The molecule has 1 aromatic heterocycles. The van der Waals surface area contributed by atoms with Crippen LogP contribution in [0.25, 0.3) is 0 Å². The number of sulfone groups is 1. The normalized spacial score (nSPS) is 14.5. The molecule has 0 spiro atoms. The summed E-state index contributed by atoms with van der Waals surface area (Å²) in [6.45, 7) is 3.51. The third-order valence-corrected chi connectivity index (χ3v) is 4.50. The molecule has 1 aromatic rings. The van der Waals surface area contributed by atoms with E-state index >= 15 is 0 Å². The van der Waals surface area contributed by atoms with Crippen LogP contribution in [0, 0.1) is 0 Å². The fraction of sp³-hybridized carbons (Fsp3) is 0.667. The number of aromatic nitrogens is 2. The van der Waals surface area contributed by atoms with Crippen molar-refractivity contribution in [2.75, 3.05) is 0 Å². The zero-order chi connectivity index (χ0) is 9.19. The van der Waals surface area contributed by atoms with Gasteiger partial charge in [0.05, 0.1) is 23.2 Å². The van der Waals surface area contributed by atoms with Gasteiger partial charge in [0.2, 0.25) is 9.84 Å². The van der Waals surface area contributed by atoms with Gasteiger partial charge in [-0.2, -0.15) is 8.75 Å². The molecule has 0 fully saturated rings. The first-order chi connectivity index (χ1) is 5.59. The zero-order valence-corrected chi connectivity index (χ0v) is 8.52. The average Bonchev–Trinajstić information content (AvgIpc) is 2.55. The topological polar surface area (TPSA) is 59.9 Å². The Morgan fingerprint density at radius 1 is 1.67 bits per heavy atom. The van der Waals surface area contributed by atoms with E-state index in [1.807, 2.05) is 6.92 Å². The summed E-state index contributed by atoms with van der Waals surface area (Å²) >= 11 is 0.915. The van der Waals surface area contributed by atoms with E-state index in [4.69, 9.17) is 0 Å². The first kappa shape index (κ1) is 9.60. The smallest absolute Gasteiger partial charge is 0.200 e. The molecule has 0 saturated heterocycles. The van der Waals surface area contributed by atoms with E-state index in [9.17, 15) is 8.42 Å². The van der Waals surface area contributed by atoms with E-state index in [1.54, 1.807) is 6.92 Å². The lowest BCUT2D eigenvalue weighted by Crippen LogP contribution is -2.16. The Morgan fingerprint density at radius 2 is 2.33 bits per heavy atom. The molecule has 0 aliphatic heterocycles. The Morgan fingerprint density at radius 3 is 2.75 bits per heavy atom. The Bertz CT molecular complexity index is 330. The molecule has 0 aliphatic rings. The molecular formula is C6H10N2O2S2. The van der Waals surface area contributed by atoms with Crippen LogP contribution in [0.3, 0.4) is 0 Å². The van der Waals surface area contributed by atoms with Gasteiger partial charge in [0.25, 0.3) is 0 Å². The lowest BCUT2D eigenvalue weighted by molar-refractivity contribution is 0.578. The molecular weight excluding hydrogens is 196 g/mol. The fourth-order valence-electron chi connectivity index (χ4n) is 0.707. The lowest BCUT2D eigenvalue weighted by Gasteiger charge is -2.05. The summed E-state index contributed by atoms with van der Waals surface area (Å²) in [5.74, 6) is 0. The van der Waals surface area contributed by atoms with E-state index in [1.165, 1.54) is 6.20 Å². The van der Waals surface area contributed by atoms with Crippen LogP contribution in [0.5, 0.6) is 0 Å². The van der Waals surface area contributed by atoms with Gasteiger partial charge in [-0.15, -0.1) is 0 Å². The molecule has 68 valence electrons. The van der Waals surface area contributed by atoms with Crippen molar-refractivity contribution < 1.29 is 8.42 Å². The van der Waals surface area contributed by atoms with Crippen LogP contribution >= 0.6 is 11.7 Å². The maximum absolute atomic E-state index is 11.5. The highest BCUT2D eigenvalue weighted by Gasteiger charge is 2.23. The molecule has 0 N–H and O–H groups in total. The standard InChI is InChI=1S/C6H10N2O2S2/c1-3-5(2)12(9,10)6-4-7-11-8-6/h4-5H,3H2,1-2H3. The minimum atomic E-state index is -3.21. The van der Waals surface area contributed by atoms with Crippen LogP contribution in [0.4, 0.5) is 0 Å². The van der Waals surface area contributed by atoms with Crippen LogP contribution in [0.2, 0.25) is 0 Å². The van der Waals surface area contributed by atoms with Crippen LogP contribution in [-0.4, -0.2) is 22.4 Å². The van der Waals surface area contributed by atoms with Gasteiger partial charge in [-0.1, -0.05) is 6.92 Å². The molecule has 0 aromatic carbocycles. The highest BCUT2D eigenvalue weighted by molar-refractivity contribution is 7.92.